The van der Waals surface area contributed by atoms with Crippen LogP contribution in [0.1, 0.15) is 89.0 Å². The van der Waals surface area contributed by atoms with Crippen LogP contribution in [0, 0.1) is 29.6 Å². The third kappa shape index (κ3) is 8.86. The van der Waals surface area contributed by atoms with Gasteiger partial charge in [0, 0.05) is 31.4 Å². The average molecular weight is 840 g/mol. The third-order valence-corrected chi connectivity index (χ3v) is 13.1. The van der Waals surface area contributed by atoms with Crippen LogP contribution in [-0.4, -0.2) is 79.4 Å². The van der Waals surface area contributed by atoms with Gasteiger partial charge in [0.25, 0.3) is 0 Å². The van der Waals surface area contributed by atoms with E-state index < -0.39 is 18.2 Å². The molecule has 14 nitrogen and oxygen atoms in total. The first-order valence-electron chi connectivity index (χ1n) is 21.9. The number of methoxy groups -OCH3 is 1. The zero-order chi connectivity index (χ0) is 43.5. The normalized spacial score (nSPS) is 21.5. The molecule has 3 fully saturated rings. The molecule has 8 rings (SSSR count). The maximum atomic E-state index is 14.1. The van der Waals surface area contributed by atoms with Gasteiger partial charge in [0.05, 0.1) is 42.9 Å². The number of carbonyl (C=O) groups excluding carboxylic acids is 4. The van der Waals surface area contributed by atoms with Crippen molar-refractivity contribution in [2.24, 2.45) is 29.6 Å². The highest BCUT2D eigenvalue weighted by atomic mass is 16.5. The van der Waals surface area contributed by atoms with Gasteiger partial charge in [0.2, 0.25) is 17.7 Å². The lowest BCUT2D eigenvalue weighted by atomic mass is 9.78. The third-order valence-electron chi connectivity index (χ3n) is 13.1. The van der Waals surface area contributed by atoms with Crippen molar-refractivity contribution in [2.45, 2.75) is 90.4 Å². The number of likely N-dealkylation sites (tertiary alicyclic amines) is 1. The Bertz CT molecular complexity index is 2360. The lowest BCUT2D eigenvalue weighted by Crippen LogP contribution is -2.52. The van der Waals surface area contributed by atoms with E-state index in [2.05, 4.69) is 79.4 Å². The summed E-state index contributed by atoms with van der Waals surface area (Å²) in [5.41, 5.74) is 6.78. The smallest absolute Gasteiger partial charge is 0.407 e. The molecule has 2 saturated carbocycles. The predicted octanol–water partition coefficient (Wildman–Crippen LogP) is 7.16. The first kappa shape index (κ1) is 42.4. The lowest BCUT2D eigenvalue weighted by Gasteiger charge is -2.31. The Hall–Kier alpha value is -6.31. The van der Waals surface area contributed by atoms with Crippen molar-refractivity contribution in [2.75, 3.05) is 13.7 Å². The molecule has 7 atom stereocenters. The number of fused-ring (bicyclic) bond motifs is 2. The van der Waals surface area contributed by atoms with E-state index >= 15 is 0 Å². The predicted molar refractivity (Wildman–Crippen MR) is 235 cm³/mol. The Morgan fingerprint density at radius 2 is 1.37 bits per heavy atom. The monoisotopic (exact) mass is 839 g/mol. The number of aromatic amines is 2. The van der Waals surface area contributed by atoms with Gasteiger partial charge in [-0.05, 0) is 89.7 Å². The first-order chi connectivity index (χ1) is 30.0. The van der Waals surface area contributed by atoms with Gasteiger partial charge in [0.15, 0.2) is 0 Å². The van der Waals surface area contributed by atoms with E-state index in [0.717, 1.165) is 83.0 Å². The van der Waals surface area contributed by atoms with E-state index in [1.807, 2.05) is 57.1 Å². The SMILES string of the molecule is COC(=O)N[C@H](C(=O)N1CCC[C@H]1c1ncc(-c2ccc(-c3ccc(-c4cnc(C5[C@H]6CC[C@H](C6)[C@H]5C(=O)N[C@H](C(=O)NCc5cccnc5)C(C)C)[nH]4)cc3)cc2)[nH]1)C(C)C. The number of rotatable bonds is 14. The molecule has 0 spiro atoms. The van der Waals surface area contributed by atoms with Crippen LogP contribution >= 0.6 is 0 Å². The number of nitrogens with zero attached hydrogens (tertiary/aromatic N) is 4. The molecular formula is C48H57N9O5. The lowest BCUT2D eigenvalue weighted by molar-refractivity contribution is -0.135. The number of hydrogen-bond donors (Lipinski definition) is 5. The van der Waals surface area contributed by atoms with E-state index in [4.69, 9.17) is 14.7 Å². The van der Waals surface area contributed by atoms with E-state index in [-0.39, 0.29) is 53.4 Å². The van der Waals surface area contributed by atoms with E-state index in [1.165, 1.54) is 7.11 Å². The highest BCUT2D eigenvalue weighted by Crippen LogP contribution is 2.56. The van der Waals surface area contributed by atoms with Crippen LogP contribution in [0.4, 0.5) is 4.79 Å². The van der Waals surface area contributed by atoms with Crippen LogP contribution in [0.5, 0.6) is 0 Å². The Morgan fingerprint density at radius 1 is 0.758 bits per heavy atom. The fourth-order valence-electron chi connectivity index (χ4n) is 9.83. The summed E-state index contributed by atoms with van der Waals surface area (Å²) in [7, 11) is 1.29. The second-order valence-corrected chi connectivity index (χ2v) is 17.8. The number of carbonyl (C=O) groups is 4. The summed E-state index contributed by atoms with van der Waals surface area (Å²) in [5, 5.41) is 8.83. The number of amides is 4. The van der Waals surface area contributed by atoms with E-state index in [1.54, 1.807) is 12.4 Å². The van der Waals surface area contributed by atoms with Crippen LogP contribution in [0.15, 0.2) is 85.5 Å². The van der Waals surface area contributed by atoms with Crippen molar-refractivity contribution in [3.8, 4) is 33.6 Å². The van der Waals surface area contributed by atoms with Crippen LogP contribution in [0.2, 0.25) is 0 Å². The largest absolute Gasteiger partial charge is 0.453 e. The molecule has 3 aliphatic rings. The maximum absolute atomic E-state index is 14.1. The Morgan fingerprint density at radius 3 is 1.98 bits per heavy atom. The number of hydrogen-bond acceptors (Lipinski definition) is 8. The van der Waals surface area contributed by atoms with Gasteiger partial charge in [-0.3, -0.25) is 19.4 Å². The van der Waals surface area contributed by atoms with Gasteiger partial charge in [-0.1, -0.05) is 82.3 Å². The summed E-state index contributed by atoms with van der Waals surface area (Å²) >= 11 is 0. The second-order valence-electron chi connectivity index (χ2n) is 17.8. The molecule has 0 radical (unpaired) electrons. The average Bonchev–Trinajstić information content (AvgIpc) is 4.15. The van der Waals surface area contributed by atoms with Crippen molar-refractivity contribution >= 4 is 23.8 Å². The first-order valence-corrected chi connectivity index (χ1v) is 21.9. The van der Waals surface area contributed by atoms with Gasteiger partial charge in [-0.15, -0.1) is 0 Å². The molecule has 2 bridgehead atoms. The minimum atomic E-state index is -0.689. The van der Waals surface area contributed by atoms with Crippen LogP contribution in [0.25, 0.3) is 33.6 Å². The van der Waals surface area contributed by atoms with E-state index in [9.17, 15) is 19.2 Å². The van der Waals surface area contributed by atoms with Crippen molar-refractivity contribution < 1.29 is 23.9 Å². The van der Waals surface area contributed by atoms with E-state index in [0.29, 0.717) is 19.0 Å². The van der Waals surface area contributed by atoms with Crippen molar-refractivity contribution in [1.82, 2.24) is 45.8 Å². The van der Waals surface area contributed by atoms with Crippen molar-refractivity contribution in [3.05, 3.63) is 103 Å². The zero-order valence-electron chi connectivity index (χ0n) is 36.1. The Kier molecular flexibility index (Phi) is 12.5. The molecule has 5 aromatic rings. The molecule has 1 aliphatic heterocycles. The highest BCUT2D eigenvalue weighted by molar-refractivity contribution is 5.89. The number of nitrogens with one attached hydrogen (secondary N) is 5. The molecule has 324 valence electrons. The number of alkyl carbamates (subject to hydrolysis) is 1. The van der Waals surface area contributed by atoms with Gasteiger partial charge < -0.3 is 35.6 Å². The standard InChI is InChI=1S/C48H57N9O5/c1-27(2)41(46(59)52-24-29-8-6-20-49-23-29)55-45(58)40-35-19-18-34(22-35)39(40)44-51-26-37(54-44)33-16-12-31(13-17-33)30-10-14-32(15-11-30)36-25-50-43(53-36)38-9-7-21-57(38)47(60)42(28(3)4)56-48(61)62-5/h6,8,10-17,20,23,25-28,34-35,38-42H,7,9,18-19,21-22,24H2,1-5H3,(H,50,53)(H,51,54)(H,52,59)(H,55,58)(H,56,61)/t34-,35+,38-,39?,40+,41-,42-/m0/s1. The minimum Gasteiger partial charge on any atom is -0.453 e. The molecular weight excluding hydrogens is 783 g/mol. The van der Waals surface area contributed by atoms with Crippen LogP contribution < -0.4 is 16.0 Å². The van der Waals surface area contributed by atoms with Crippen molar-refractivity contribution in [1.29, 1.82) is 0 Å². The number of imidazole rings is 2. The Balaban J connectivity index is 0.908. The molecule has 14 heteroatoms. The summed E-state index contributed by atoms with van der Waals surface area (Å²) < 4.78 is 4.77. The zero-order valence-corrected chi connectivity index (χ0v) is 36.1. The van der Waals surface area contributed by atoms with Crippen LogP contribution in [-0.2, 0) is 25.7 Å². The number of benzene rings is 2. The summed E-state index contributed by atoms with van der Waals surface area (Å²) in [6.07, 6.45) is 11.2. The fourth-order valence-corrected chi connectivity index (χ4v) is 9.83. The molecule has 1 saturated heterocycles. The quantitative estimate of drug-likeness (QED) is 0.0780. The topological polar surface area (TPSA) is 187 Å². The van der Waals surface area contributed by atoms with Crippen molar-refractivity contribution in [3.63, 3.8) is 0 Å². The highest BCUT2D eigenvalue weighted by Gasteiger charge is 2.53. The molecule has 2 aromatic carbocycles. The maximum Gasteiger partial charge on any atom is 0.407 e. The summed E-state index contributed by atoms with van der Waals surface area (Å²) in [4.78, 5) is 75.5. The van der Waals surface area contributed by atoms with Gasteiger partial charge in [0.1, 0.15) is 23.7 Å². The summed E-state index contributed by atoms with van der Waals surface area (Å²) in [6.45, 7) is 8.67. The Labute approximate surface area is 362 Å². The fraction of sp³-hybridized carbons (Fsp3) is 0.438. The summed E-state index contributed by atoms with van der Waals surface area (Å²) in [5.74, 6) is 1.31. The molecule has 62 heavy (non-hydrogen) atoms. The van der Waals surface area contributed by atoms with Gasteiger partial charge >= 0.3 is 6.09 Å². The van der Waals surface area contributed by atoms with Gasteiger partial charge in [-0.2, -0.15) is 0 Å². The molecule has 1 unspecified atom stereocenters. The minimum absolute atomic E-state index is 0.0373. The summed E-state index contributed by atoms with van der Waals surface area (Å²) in [6, 6.07) is 18.9. The molecule has 4 amide bonds. The number of aromatic nitrogens is 5. The number of ether oxygens (including phenoxy) is 1. The van der Waals surface area contributed by atoms with Gasteiger partial charge in [-0.25, -0.2) is 14.8 Å². The number of H-pyrrole nitrogens is 2. The molecule has 2 aliphatic carbocycles. The molecule has 5 N–H and O–H groups in total. The number of pyridine rings is 1. The molecule has 3 aromatic heterocycles. The second kappa shape index (κ2) is 18.3. The van der Waals surface area contributed by atoms with Crippen LogP contribution in [0.3, 0.4) is 0 Å². The molecule has 4 heterocycles.